The van der Waals surface area contributed by atoms with Gasteiger partial charge in [0.1, 0.15) is 0 Å². The first-order valence-electron chi connectivity index (χ1n) is 19.2. The van der Waals surface area contributed by atoms with Gasteiger partial charge in [0.15, 0.2) is 0 Å². The van der Waals surface area contributed by atoms with Gasteiger partial charge in [0.2, 0.25) is 5.95 Å². The van der Waals surface area contributed by atoms with Gasteiger partial charge in [0, 0.05) is 54.0 Å². The molecule has 0 N–H and O–H groups in total. The molecule has 0 saturated carbocycles. The van der Waals surface area contributed by atoms with Gasteiger partial charge in [-0.15, -0.1) is 0 Å². The van der Waals surface area contributed by atoms with Crippen LogP contribution in [0.15, 0.2) is 182 Å². The van der Waals surface area contributed by atoms with Crippen LogP contribution in [-0.4, -0.2) is 18.9 Å². The maximum atomic E-state index is 5.58. The van der Waals surface area contributed by atoms with Gasteiger partial charge >= 0.3 is 0 Å². The van der Waals surface area contributed by atoms with E-state index in [1.807, 2.05) is 0 Å². The average molecular weight is 711 g/mol. The van der Waals surface area contributed by atoms with Crippen molar-refractivity contribution >= 4 is 92.3 Å². The Morgan fingerprint density at radius 3 is 1.73 bits per heavy atom. The molecule has 4 nitrogen and oxygen atoms in total. The quantitative estimate of drug-likeness (QED) is 0.171. The average Bonchev–Trinajstić information content (AvgIpc) is 3.91. The number of nitrogens with zero attached hydrogens (tertiary/aromatic N) is 4. The Balaban J connectivity index is 1.20. The van der Waals surface area contributed by atoms with Crippen molar-refractivity contribution in [2.75, 3.05) is 0 Å². The molecule has 0 bridgehead atoms. The number of hydrogen-bond acceptors (Lipinski definition) is 2. The molecular formula is C52H30N4. The van der Waals surface area contributed by atoms with Crippen molar-refractivity contribution in [3.63, 3.8) is 0 Å². The summed E-state index contributed by atoms with van der Waals surface area (Å²) in [6, 6.07) is 65.7. The molecule has 56 heavy (non-hydrogen) atoms. The van der Waals surface area contributed by atoms with E-state index >= 15 is 0 Å². The van der Waals surface area contributed by atoms with Crippen LogP contribution in [0.4, 0.5) is 0 Å². The molecule has 4 heterocycles. The van der Waals surface area contributed by atoms with E-state index in [1.54, 1.807) is 0 Å². The van der Waals surface area contributed by atoms with Gasteiger partial charge in [0.25, 0.3) is 0 Å². The molecule has 0 atom stereocenters. The predicted molar refractivity (Wildman–Crippen MR) is 234 cm³/mol. The zero-order chi connectivity index (χ0) is 36.5. The minimum Gasteiger partial charge on any atom is -0.307 e. The number of aromatic nitrogens is 4. The summed E-state index contributed by atoms with van der Waals surface area (Å²) in [4.78, 5) is 11.1. The van der Waals surface area contributed by atoms with E-state index in [9.17, 15) is 0 Å². The Morgan fingerprint density at radius 2 is 0.929 bits per heavy atom. The molecule has 0 saturated heterocycles. The minimum atomic E-state index is 0.662. The van der Waals surface area contributed by atoms with Gasteiger partial charge < -0.3 is 4.40 Å². The van der Waals surface area contributed by atoms with Crippen molar-refractivity contribution < 1.29 is 0 Å². The molecule has 13 aromatic rings. The number of fused-ring (bicyclic) bond motifs is 15. The third kappa shape index (κ3) is 3.92. The van der Waals surface area contributed by atoms with Crippen molar-refractivity contribution in [1.82, 2.24) is 18.9 Å². The molecular weight excluding hydrogens is 681 g/mol. The summed E-state index contributed by atoms with van der Waals surface area (Å²) < 4.78 is 4.85. The molecule has 258 valence electrons. The molecule has 0 unspecified atom stereocenters. The summed E-state index contributed by atoms with van der Waals surface area (Å²) in [6.45, 7) is 0. The molecule has 0 aliphatic carbocycles. The lowest BCUT2D eigenvalue weighted by atomic mass is 9.99. The first kappa shape index (κ1) is 29.8. The monoisotopic (exact) mass is 710 g/mol. The molecule has 0 spiro atoms. The summed E-state index contributed by atoms with van der Waals surface area (Å²) in [6.07, 6.45) is 0. The van der Waals surface area contributed by atoms with Crippen molar-refractivity contribution in [3.8, 4) is 28.3 Å². The van der Waals surface area contributed by atoms with Gasteiger partial charge in [-0.1, -0.05) is 158 Å². The summed E-state index contributed by atoms with van der Waals surface area (Å²) in [7, 11) is 0. The molecule has 0 aliphatic rings. The molecule has 0 amide bonds. The van der Waals surface area contributed by atoms with Gasteiger partial charge in [-0.25, -0.2) is 9.97 Å². The van der Waals surface area contributed by atoms with Crippen molar-refractivity contribution in [1.29, 1.82) is 0 Å². The molecule has 9 aromatic carbocycles. The van der Waals surface area contributed by atoms with E-state index in [2.05, 4.69) is 191 Å². The minimum absolute atomic E-state index is 0.662. The van der Waals surface area contributed by atoms with Crippen molar-refractivity contribution in [2.24, 2.45) is 0 Å². The van der Waals surface area contributed by atoms with Gasteiger partial charge in [-0.3, -0.25) is 4.57 Å². The Kier molecular flexibility index (Phi) is 5.86. The second-order valence-corrected chi connectivity index (χ2v) is 14.9. The lowest BCUT2D eigenvalue weighted by Crippen LogP contribution is -2.04. The topological polar surface area (TPSA) is 35.1 Å². The van der Waals surface area contributed by atoms with E-state index in [1.165, 1.54) is 70.8 Å². The molecule has 0 fully saturated rings. The Labute approximate surface area is 320 Å². The van der Waals surface area contributed by atoms with Gasteiger partial charge in [-0.05, 0) is 46.2 Å². The largest absolute Gasteiger partial charge is 0.307 e. The standard InChI is InChI=1S/C52H30N4/c1-2-12-31(13-3-1)32-22-24-35(25-23-32)47-41-29-27-33-14-4-6-16-36(33)48(41)54-52(53-47)56-44-20-10-8-18-38(44)42-30-43-39-28-26-34-15-5-7-17-37(34)49(39)55-45-21-11-9-19-40(45)46(50(43)55)51(42)56/h1-30H. The second kappa shape index (κ2) is 11.0. The highest BCUT2D eigenvalue weighted by atomic mass is 15.2. The summed E-state index contributed by atoms with van der Waals surface area (Å²) >= 11 is 0. The first-order valence-corrected chi connectivity index (χ1v) is 19.2. The van der Waals surface area contributed by atoms with Crippen LogP contribution >= 0.6 is 0 Å². The summed E-state index contributed by atoms with van der Waals surface area (Å²) in [5, 5.41) is 13.2. The van der Waals surface area contributed by atoms with E-state index < -0.39 is 0 Å². The normalized spacial score (nSPS) is 12.3. The SMILES string of the molecule is c1ccc(-c2ccc(-c3nc(-n4c5ccccc5c5cc6c7ccc8ccccc8c7n7c8ccccc8c(c54)c67)nc4c3ccc3ccccc34)cc2)cc1. The fourth-order valence-electron chi connectivity index (χ4n) is 9.59. The molecule has 13 rings (SSSR count). The zero-order valence-electron chi connectivity index (χ0n) is 30.1. The highest BCUT2D eigenvalue weighted by Crippen LogP contribution is 2.47. The van der Waals surface area contributed by atoms with Crippen LogP contribution < -0.4 is 0 Å². The van der Waals surface area contributed by atoms with E-state index in [4.69, 9.17) is 9.97 Å². The van der Waals surface area contributed by atoms with Crippen LogP contribution in [0.2, 0.25) is 0 Å². The van der Waals surface area contributed by atoms with Crippen LogP contribution in [-0.2, 0) is 0 Å². The van der Waals surface area contributed by atoms with Gasteiger partial charge in [0.05, 0.1) is 38.8 Å². The van der Waals surface area contributed by atoms with E-state index in [-0.39, 0.29) is 0 Å². The number of para-hydroxylation sites is 2. The van der Waals surface area contributed by atoms with Crippen molar-refractivity contribution in [2.45, 2.75) is 0 Å². The first-order chi connectivity index (χ1) is 27.8. The Bertz CT molecular complexity index is 3740. The van der Waals surface area contributed by atoms with Crippen LogP contribution in [0.25, 0.3) is 121 Å². The third-order valence-electron chi connectivity index (χ3n) is 12.0. The van der Waals surface area contributed by atoms with E-state index in [0.29, 0.717) is 5.95 Å². The fourth-order valence-corrected chi connectivity index (χ4v) is 9.59. The second-order valence-electron chi connectivity index (χ2n) is 14.9. The number of rotatable bonds is 3. The third-order valence-corrected chi connectivity index (χ3v) is 12.0. The van der Waals surface area contributed by atoms with Crippen LogP contribution in [0.1, 0.15) is 0 Å². The zero-order valence-corrected chi connectivity index (χ0v) is 30.1. The highest BCUT2D eigenvalue weighted by Gasteiger charge is 2.26. The predicted octanol–water partition coefficient (Wildman–Crippen LogP) is 13.5. The van der Waals surface area contributed by atoms with Gasteiger partial charge in [-0.2, -0.15) is 0 Å². The van der Waals surface area contributed by atoms with Crippen molar-refractivity contribution in [3.05, 3.63) is 182 Å². The molecule has 4 aromatic heterocycles. The van der Waals surface area contributed by atoms with Crippen LogP contribution in [0.5, 0.6) is 0 Å². The molecule has 0 radical (unpaired) electrons. The molecule has 4 heteroatoms. The smallest absolute Gasteiger partial charge is 0.235 e. The van der Waals surface area contributed by atoms with Crippen LogP contribution in [0.3, 0.4) is 0 Å². The Hall–Kier alpha value is -7.56. The summed E-state index contributed by atoms with van der Waals surface area (Å²) in [5.41, 5.74) is 11.2. The number of hydrogen-bond donors (Lipinski definition) is 0. The summed E-state index contributed by atoms with van der Waals surface area (Å²) in [5.74, 6) is 0.662. The fraction of sp³-hybridized carbons (Fsp3) is 0. The highest BCUT2D eigenvalue weighted by molar-refractivity contribution is 6.35. The lowest BCUT2D eigenvalue weighted by Gasteiger charge is -2.14. The van der Waals surface area contributed by atoms with Crippen LogP contribution in [0, 0.1) is 0 Å². The number of benzene rings is 9. The molecule has 0 aliphatic heterocycles. The Morgan fingerprint density at radius 1 is 0.339 bits per heavy atom. The maximum Gasteiger partial charge on any atom is 0.235 e. The maximum absolute atomic E-state index is 5.58. The van der Waals surface area contributed by atoms with E-state index in [0.717, 1.165) is 44.0 Å². The lowest BCUT2D eigenvalue weighted by molar-refractivity contribution is 1.02.